The first kappa shape index (κ1) is 21.1. The highest BCUT2D eigenvalue weighted by atomic mass is 16.6. The standard InChI is InChI=1S/C23H24N2O5/c1-15(2)28-19-12-10-17(14-20(19)27-4)11-13-21(26)29-16(3)22-24-25-23(30-22)18-8-6-5-7-9-18/h5-16H,1-4H3/b13-11+/t16-/m0/s1. The summed E-state index contributed by atoms with van der Waals surface area (Å²) in [6.45, 7) is 5.56. The van der Waals surface area contributed by atoms with Crippen LogP contribution in [0.4, 0.5) is 0 Å². The average molecular weight is 408 g/mol. The number of nitrogens with zero attached hydrogens (tertiary/aromatic N) is 2. The van der Waals surface area contributed by atoms with Crippen LogP contribution >= 0.6 is 0 Å². The van der Waals surface area contributed by atoms with E-state index in [-0.39, 0.29) is 12.0 Å². The van der Waals surface area contributed by atoms with Gasteiger partial charge >= 0.3 is 5.97 Å². The average Bonchev–Trinajstić information content (AvgIpc) is 3.24. The summed E-state index contributed by atoms with van der Waals surface area (Å²) in [4.78, 5) is 12.2. The molecule has 3 aromatic rings. The van der Waals surface area contributed by atoms with Crippen molar-refractivity contribution in [3.8, 4) is 23.0 Å². The van der Waals surface area contributed by atoms with Gasteiger partial charge in [0, 0.05) is 11.6 Å². The molecule has 1 heterocycles. The molecule has 0 aliphatic rings. The van der Waals surface area contributed by atoms with Crippen molar-refractivity contribution in [2.24, 2.45) is 0 Å². The highest BCUT2D eigenvalue weighted by Gasteiger charge is 2.18. The van der Waals surface area contributed by atoms with Crippen LogP contribution in [-0.4, -0.2) is 29.4 Å². The quantitative estimate of drug-likeness (QED) is 0.389. The molecule has 0 aliphatic carbocycles. The second-order valence-corrected chi connectivity index (χ2v) is 6.80. The molecular weight excluding hydrogens is 384 g/mol. The molecular formula is C23H24N2O5. The van der Waals surface area contributed by atoms with E-state index < -0.39 is 12.1 Å². The van der Waals surface area contributed by atoms with Crippen LogP contribution in [-0.2, 0) is 9.53 Å². The van der Waals surface area contributed by atoms with Gasteiger partial charge in [0.15, 0.2) is 17.6 Å². The fourth-order valence-electron chi connectivity index (χ4n) is 2.66. The Morgan fingerprint density at radius 1 is 1.03 bits per heavy atom. The second kappa shape index (κ2) is 9.73. The van der Waals surface area contributed by atoms with Crippen molar-refractivity contribution in [1.82, 2.24) is 10.2 Å². The lowest BCUT2D eigenvalue weighted by Crippen LogP contribution is -2.07. The van der Waals surface area contributed by atoms with E-state index in [2.05, 4.69) is 10.2 Å². The van der Waals surface area contributed by atoms with Crippen LogP contribution in [0.25, 0.3) is 17.5 Å². The third-order valence-corrected chi connectivity index (χ3v) is 4.06. The van der Waals surface area contributed by atoms with Crippen molar-refractivity contribution >= 4 is 12.0 Å². The smallest absolute Gasteiger partial charge is 0.331 e. The van der Waals surface area contributed by atoms with Gasteiger partial charge in [-0.25, -0.2) is 4.79 Å². The zero-order valence-corrected chi connectivity index (χ0v) is 17.4. The molecule has 30 heavy (non-hydrogen) atoms. The first-order chi connectivity index (χ1) is 14.5. The molecule has 156 valence electrons. The fraction of sp³-hybridized carbons (Fsp3) is 0.261. The molecule has 0 saturated heterocycles. The Bertz CT molecular complexity index is 1010. The van der Waals surface area contributed by atoms with Gasteiger partial charge in [0.2, 0.25) is 5.89 Å². The zero-order chi connectivity index (χ0) is 21.5. The van der Waals surface area contributed by atoms with Gasteiger partial charge in [-0.05, 0) is 56.7 Å². The Hall–Kier alpha value is -3.61. The maximum atomic E-state index is 12.2. The van der Waals surface area contributed by atoms with Gasteiger partial charge in [0.1, 0.15) is 0 Å². The number of hydrogen-bond acceptors (Lipinski definition) is 7. The van der Waals surface area contributed by atoms with E-state index >= 15 is 0 Å². The molecule has 7 heteroatoms. The minimum Gasteiger partial charge on any atom is -0.493 e. The predicted octanol–water partition coefficient (Wildman–Crippen LogP) is 4.85. The number of carbonyl (C=O) groups is 1. The Labute approximate surface area is 175 Å². The van der Waals surface area contributed by atoms with Crippen molar-refractivity contribution in [2.75, 3.05) is 7.11 Å². The van der Waals surface area contributed by atoms with Gasteiger partial charge in [0.05, 0.1) is 13.2 Å². The highest BCUT2D eigenvalue weighted by Crippen LogP contribution is 2.29. The highest BCUT2D eigenvalue weighted by molar-refractivity contribution is 5.87. The third kappa shape index (κ3) is 5.47. The Balaban J connectivity index is 1.62. The molecule has 0 N–H and O–H groups in total. The maximum Gasteiger partial charge on any atom is 0.331 e. The monoisotopic (exact) mass is 408 g/mol. The first-order valence-electron chi connectivity index (χ1n) is 9.58. The molecule has 7 nitrogen and oxygen atoms in total. The van der Waals surface area contributed by atoms with Crippen LogP contribution in [0.3, 0.4) is 0 Å². The number of carbonyl (C=O) groups excluding carboxylic acids is 1. The summed E-state index contributed by atoms with van der Waals surface area (Å²) >= 11 is 0. The molecule has 2 aromatic carbocycles. The van der Waals surface area contributed by atoms with Crippen molar-refractivity contribution < 1.29 is 23.4 Å². The Morgan fingerprint density at radius 3 is 2.50 bits per heavy atom. The molecule has 0 bridgehead atoms. The number of rotatable bonds is 8. The Kier molecular flexibility index (Phi) is 6.85. The molecule has 0 saturated carbocycles. The van der Waals surface area contributed by atoms with Crippen LogP contribution in [0.5, 0.6) is 11.5 Å². The van der Waals surface area contributed by atoms with Gasteiger partial charge in [-0.1, -0.05) is 24.3 Å². The lowest BCUT2D eigenvalue weighted by atomic mass is 10.2. The Morgan fingerprint density at radius 2 is 1.80 bits per heavy atom. The normalized spacial score (nSPS) is 12.2. The van der Waals surface area contributed by atoms with E-state index in [1.54, 1.807) is 32.2 Å². The summed E-state index contributed by atoms with van der Waals surface area (Å²) in [6, 6.07) is 14.8. The van der Waals surface area contributed by atoms with E-state index in [4.69, 9.17) is 18.6 Å². The number of aromatic nitrogens is 2. The van der Waals surface area contributed by atoms with Crippen LogP contribution in [0.1, 0.15) is 38.3 Å². The van der Waals surface area contributed by atoms with Gasteiger partial charge in [-0.2, -0.15) is 0 Å². The minimum atomic E-state index is -0.677. The van der Waals surface area contributed by atoms with Crippen LogP contribution in [0.15, 0.2) is 59.0 Å². The molecule has 0 aliphatic heterocycles. The molecule has 0 spiro atoms. The summed E-state index contributed by atoms with van der Waals surface area (Å²) in [5.41, 5.74) is 1.57. The fourth-order valence-corrected chi connectivity index (χ4v) is 2.66. The van der Waals surface area contributed by atoms with E-state index in [0.717, 1.165) is 11.1 Å². The number of benzene rings is 2. The SMILES string of the molecule is COc1cc(/C=C/C(=O)O[C@@H](C)c2nnc(-c3ccccc3)o2)ccc1OC(C)C. The number of hydrogen-bond donors (Lipinski definition) is 0. The molecule has 0 amide bonds. The number of esters is 1. The van der Waals surface area contributed by atoms with E-state index in [9.17, 15) is 4.79 Å². The molecule has 1 aromatic heterocycles. The van der Waals surface area contributed by atoms with Gasteiger partial charge in [-0.15, -0.1) is 10.2 Å². The molecule has 0 fully saturated rings. The minimum absolute atomic E-state index is 0.0314. The summed E-state index contributed by atoms with van der Waals surface area (Å²) in [5.74, 6) is 1.31. The van der Waals surface area contributed by atoms with Crippen LogP contribution < -0.4 is 9.47 Å². The van der Waals surface area contributed by atoms with Crippen LogP contribution in [0, 0.1) is 0 Å². The molecule has 3 rings (SSSR count). The summed E-state index contributed by atoms with van der Waals surface area (Å²) in [6.07, 6.45) is 2.33. The molecule has 0 unspecified atom stereocenters. The maximum absolute atomic E-state index is 12.2. The lowest BCUT2D eigenvalue weighted by molar-refractivity contribution is -0.143. The summed E-state index contributed by atoms with van der Waals surface area (Å²) < 4.78 is 22.0. The van der Waals surface area contributed by atoms with Gasteiger partial charge in [-0.3, -0.25) is 0 Å². The zero-order valence-electron chi connectivity index (χ0n) is 17.4. The van der Waals surface area contributed by atoms with E-state index in [1.807, 2.05) is 50.2 Å². The number of methoxy groups -OCH3 is 1. The lowest BCUT2D eigenvalue weighted by Gasteiger charge is -2.13. The summed E-state index contributed by atoms with van der Waals surface area (Å²) in [7, 11) is 1.57. The molecule has 0 radical (unpaired) electrons. The topological polar surface area (TPSA) is 83.7 Å². The van der Waals surface area contributed by atoms with Gasteiger partial charge in [0.25, 0.3) is 5.89 Å². The van der Waals surface area contributed by atoms with Crippen molar-refractivity contribution in [3.63, 3.8) is 0 Å². The summed E-state index contributed by atoms with van der Waals surface area (Å²) in [5, 5.41) is 7.98. The first-order valence-corrected chi connectivity index (χ1v) is 9.58. The third-order valence-electron chi connectivity index (χ3n) is 4.06. The molecule has 1 atom stereocenters. The van der Waals surface area contributed by atoms with E-state index in [0.29, 0.717) is 17.4 Å². The number of ether oxygens (including phenoxy) is 3. The van der Waals surface area contributed by atoms with Crippen molar-refractivity contribution in [1.29, 1.82) is 0 Å². The van der Waals surface area contributed by atoms with Crippen LogP contribution in [0.2, 0.25) is 0 Å². The van der Waals surface area contributed by atoms with Gasteiger partial charge < -0.3 is 18.6 Å². The van der Waals surface area contributed by atoms with Crippen molar-refractivity contribution in [2.45, 2.75) is 33.0 Å². The largest absolute Gasteiger partial charge is 0.493 e. The predicted molar refractivity (Wildman–Crippen MR) is 112 cm³/mol. The second-order valence-electron chi connectivity index (χ2n) is 6.80. The van der Waals surface area contributed by atoms with E-state index in [1.165, 1.54) is 6.08 Å². The van der Waals surface area contributed by atoms with Crippen molar-refractivity contribution in [3.05, 3.63) is 66.1 Å².